The van der Waals surface area contributed by atoms with Crippen LogP contribution < -0.4 is 5.32 Å². The van der Waals surface area contributed by atoms with E-state index in [0.717, 1.165) is 37.8 Å². The van der Waals surface area contributed by atoms with Gasteiger partial charge in [0.15, 0.2) is 0 Å². The van der Waals surface area contributed by atoms with Crippen LogP contribution in [0.4, 0.5) is 0 Å². The van der Waals surface area contributed by atoms with Crippen LogP contribution in [0.25, 0.3) is 5.69 Å². The van der Waals surface area contributed by atoms with Crippen molar-refractivity contribution in [3.8, 4) is 5.69 Å². The highest BCUT2D eigenvalue weighted by atomic mass is 16.3. The third-order valence-corrected chi connectivity index (χ3v) is 5.57. The number of aryl methyl sites for hydroxylation is 2. The lowest BCUT2D eigenvalue weighted by Crippen LogP contribution is -2.43. The van der Waals surface area contributed by atoms with Crippen molar-refractivity contribution < 1.29 is 9.90 Å². The molecule has 1 aromatic carbocycles. The van der Waals surface area contributed by atoms with Crippen molar-refractivity contribution in [2.75, 3.05) is 0 Å². The van der Waals surface area contributed by atoms with Crippen LogP contribution in [0.5, 0.6) is 0 Å². The molecule has 2 aromatic rings. The summed E-state index contributed by atoms with van der Waals surface area (Å²) in [5.41, 5.74) is 3.58. The van der Waals surface area contributed by atoms with Crippen LogP contribution in [0.1, 0.15) is 60.8 Å². The van der Waals surface area contributed by atoms with Gasteiger partial charge in [-0.2, -0.15) is 0 Å². The number of hydrogen-bond donors (Lipinski definition) is 2. The number of nitrogens with one attached hydrogen (secondary N) is 1. The maximum absolute atomic E-state index is 12.5. The molecule has 0 bridgehead atoms. The number of carbonyl (C=O) groups is 1. The minimum absolute atomic E-state index is 0.0283. The Morgan fingerprint density at radius 1 is 1.12 bits per heavy atom. The quantitative estimate of drug-likeness (QED) is 0.887. The lowest BCUT2D eigenvalue weighted by atomic mass is 9.80. The monoisotopic (exact) mass is 340 g/mol. The van der Waals surface area contributed by atoms with E-state index in [4.69, 9.17) is 0 Å². The minimum Gasteiger partial charge on any atom is -0.390 e. The van der Waals surface area contributed by atoms with Gasteiger partial charge in [-0.25, -0.2) is 0 Å². The maximum atomic E-state index is 12.5. The van der Waals surface area contributed by atoms with Crippen LogP contribution in [-0.2, 0) is 0 Å². The lowest BCUT2D eigenvalue weighted by molar-refractivity contribution is -0.00652. The summed E-state index contributed by atoms with van der Waals surface area (Å²) in [5.74, 6) is -0.0283. The Balaban J connectivity index is 1.64. The van der Waals surface area contributed by atoms with Gasteiger partial charge in [0, 0.05) is 28.7 Å². The van der Waals surface area contributed by atoms with Crippen molar-refractivity contribution in [3.63, 3.8) is 0 Å². The van der Waals surface area contributed by atoms with Gasteiger partial charge in [0.05, 0.1) is 5.60 Å². The van der Waals surface area contributed by atoms with Crippen LogP contribution in [0.2, 0.25) is 0 Å². The van der Waals surface area contributed by atoms with Crippen LogP contribution in [0.15, 0.2) is 36.4 Å². The number of aromatic nitrogens is 1. The summed E-state index contributed by atoms with van der Waals surface area (Å²) in [4.78, 5) is 12.5. The van der Waals surface area contributed by atoms with Crippen LogP contribution in [0, 0.1) is 13.8 Å². The molecular formula is C21H28N2O2. The SMILES string of the molecule is CCC1(O)CCC(NC(=O)c2ccc(-n3c(C)ccc3C)cc2)CC1. The van der Waals surface area contributed by atoms with E-state index in [9.17, 15) is 9.90 Å². The summed E-state index contributed by atoms with van der Waals surface area (Å²) in [6.45, 7) is 6.18. The molecule has 3 rings (SSSR count). The highest BCUT2D eigenvalue weighted by Crippen LogP contribution is 2.31. The molecule has 25 heavy (non-hydrogen) atoms. The van der Waals surface area contributed by atoms with Crippen molar-refractivity contribution in [2.24, 2.45) is 0 Å². The highest BCUT2D eigenvalue weighted by molar-refractivity contribution is 5.94. The van der Waals surface area contributed by atoms with Crippen molar-refractivity contribution in [2.45, 2.75) is 64.5 Å². The molecule has 0 saturated heterocycles. The molecule has 1 aromatic heterocycles. The topological polar surface area (TPSA) is 54.3 Å². The first kappa shape index (κ1) is 17.7. The van der Waals surface area contributed by atoms with E-state index in [1.807, 2.05) is 31.2 Å². The fraction of sp³-hybridized carbons (Fsp3) is 0.476. The van der Waals surface area contributed by atoms with Crippen LogP contribution in [0.3, 0.4) is 0 Å². The molecule has 0 unspecified atom stereocenters. The summed E-state index contributed by atoms with van der Waals surface area (Å²) in [5, 5.41) is 13.4. The number of rotatable bonds is 4. The molecule has 0 radical (unpaired) electrons. The average Bonchev–Trinajstić information content (AvgIpc) is 2.96. The maximum Gasteiger partial charge on any atom is 0.251 e. The van der Waals surface area contributed by atoms with Gasteiger partial charge in [-0.3, -0.25) is 4.79 Å². The minimum atomic E-state index is -0.532. The van der Waals surface area contributed by atoms with Crippen LogP contribution in [-0.4, -0.2) is 27.2 Å². The summed E-state index contributed by atoms with van der Waals surface area (Å²) in [6.07, 6.45) is 4.00. The average molecular weight is 340 g/mol. The molecule has 4 heteroatoms. The number of carbonyl (C=O) groups excluding carboxylic acids is 1. The Hall–Kier alpha value is -2.07. The van der Waals surface area contributed by atoms with Gasteiger partial charge < -0.3 is 15.0 Å². The molecule has 2 N–H and O–H groups in total. The predicted octanol–water partition coefficient (Wildman–Crippen LogP) is 3.91. The first-order chi connectivity index (χ1) is 11.9. The Labute approximate surface area is 149 Å². The standard InChI is InChI=1S/C21H28N2O2/c1-4-21(25)13-11-18(12-14-21)22-20(24)17-7-9-19(10-8-17)23-15(2)5-6-16(23)3/h5-10,18,25H,4,11-14H2,1-3H3,(H,22,24). The lowest BCUT2D eigenvalue weighted by Gasteiger charge is -2.35. The zero-order chi connectivity index (χ0) is 18.0. The molecule has 4 nitrogen and oxygen atoms in total. The Morgan fingerprint density at radius 3 is 2.20 bits per heavy atom. The first-order valence-corrected chi connectivity index (χ1v) is 9.20. The molecule has 134 valence electrons. The molecule has 1 saturated carbocycles. The second-order valence-corrected chi connectivity index (χ2v) is 7.32. The van der Waals surface area contributed by atoms with E-state index in [0.29, 0.717) is 5.56 Å². The number of amides is 1. The van der Waals surface area contributed by atoms with Crippen molar-refractivity contribution in [1.82, 2.24) is 9.88 Å². The first-order valence-electron chi connectivity index (χ1n) is 9.20. The van der Waals surface area contributed by atoms with E-state index in [1.54, 1.807) is 0 Å². The molecule has 0 spiro atoms. The molecule has 1 aliphatic rings. The summed E-state index contributed by atoms with van der Waals surface area (Å²) in [6, 6.07) is 12.1. The molecule has 0 aliphatic heterocycles. The van der Waals surface area contributed by atoms with Gasteiger partial charge >= 0.3 is 0 Å². The third-order valence-electron chi connectivity index (χ3n) is 5.57. The smallest absolute Gasteiger partial charge is 0.251 e. The molecule has 1 aliphatic carbocycles. The highest BCUT2D eigenvalue weighted by Gasteiger charge is 2.32. The molecule has 1 heterocycles. The largest absolute Gasteiger partial charge is 0.390 e. The van der Waals surface area contributed by atoms with E-state index < -0.39 is 5.60 Å². The number of benzene rings is 1. The Morgan fingerprint density at radius 2 is 1.68 bits per heavy atom. The number of aliphatic hydroxyl groups is 1. The van der Waals surface area contributed by atoms with E-state index in [1.165, 1.54) is 11.4 Å². The number of nitrogens with zero attached hydrogens (tertiary/aromatic N) is 1. The number of hydrogen-bond acceptors (Lipinski definition) is 2. The van der Waals surface area contributed by atoms with Gasteiger partial charge in [-0.05, 0) is 82.3 Å². The zero-order valence-corrected chi connectivity index (χ0v) is 15.4. The molecular weight excluding hydrogens is 312 g/mol. The van der Waals surface area contributed by atoms with Gasteiger partial charge in [-0.15, -0.1) is 0 Å². The summed E-state index contributed by atoms with van der Waals surface area (Å²) in [7, 11) is 0. The zero-order valence-electron chi connectivity index (χ0n) is 15.4. The van der Waals surface area contributed by atoms with E-state index in [-0.39, 0.29) is 11.9 Å². The fourth-order valence-electron chi connectivity index (χ4n) is 3.76. The van der Waals surface area contributed by atoms with Crippen molar-refractivity contribution in [1.29, 1.82) is 0 Å². The van der Waals surface area contributed by atoms with Gasteiger partial charge in [0.1, 0.15) is 0 Å². The molecule has 1 fully saturated rings. The van der Waals surface area contributed by atoms with Gasteiger partial charge in [0.2, 0.25) is 0 Å². The van der Waals surface area contributed by atoms with Crippen molar-refractivity contribution >= 4 is 5.91 Å². The summed E-state index contributed by atoms with van der Waals surface area (Å²) >= 11 is 0. The Kier molecular flexibility index (Phi) is 5.00. The molecule has 0 atom stereocenters. The Bertz CT molecular complexity index is 718. The van der Waals surface area contributed by atoms with Crippen molar-refractivity contribution in [3.05, 3.63) is 53.3 Å². The van der Waals surface area contributed by atoms with Gasteiger partial charge in [-0.1, -0.05) is 6.92 Å². The predicted molar refractivity (Wildman–Crippen MR) is 100 cm³/mol. The summed E-state index contributed by atoms with van der Waals surface area (Å²) < 4.78 is 2.18. The van der Waals surface area contributed by atoms with E-state index >= 15 is 0 Å². The van der Waals surface area contributed by atoms with E-state index in [2.05, 4.69) is 35.9 Å². The third kappa shape index (κ3) is 3.79. The molecule has 1 amide bonds. The van der Waals surface area contributed by atoms with Crippen LogP contribution >= 0.6 is 0 Å². The second kappa shape index (κ2) is 7.04. The second-order valence-electron chi connectivity index (χ2n) is 7.32. The fourth-order valence-corrected chi connectivity index (χ4v) is 3.76. The van der Waals surface area contributed by atoms with Gasteiger partial charge in [0.25, 0.3) is 5.91 Å². The normalized spacial score (nSPS) is 23.4.